The fourth-order valence-electron chi connectivity index (χ4n) is 2.59. The minimum absolute atomic E-state index is 0.126. The van der Waals surface area contributed by atoms with Crippen molar-refractivity contribution in [2.24, 2.45) is 0 Å². The van der Waals surface area contributed by atoms with Crippen LogP contribution in [-0.4, -0.2) is 28.9 Å². The van der Waals surface area contributed by atoms with Gasteiger partial charge in [-0.25, -0.2) is 9.37 Å². The van der Waals surface area contributed by atoms with Gasteiger partial charge < -0.3 is 9.32 Å². The van der Waals surface area contributed by atoms with Crippen molar-refractivity contribution in [2.45, 2.75) is 26.2 Å². The topological polar surface area (TPSA) is 46.3 Å². The predicted molar refractivity (Wildman–Crippen MR) is 76.4 cm³/mol. The molecule has 4 nitrogen and oxygen atoms in total. The molecule has 1 aliphatic heterocycles. The fraction of sp³-hybridized carbons (Fsp3) is 0.375. The third kappa shape index (κ3) is 2.68. The van der Waals surface area contributed by atoms with Crippen molar-refractivity contribution >= 4 is 5.91 Å². The second-order valence-corrected chi connectivity index (χ2v) is 5.26. The average molecular weight is 288 g/mol. The first-order chi connectivity index (χ1) is 10.2. The molecule has 0 unspecified atom stereocenters. The van der Waals surface area contributed by atoms with Crippen LogP contribution in [0.5, 0.6) is 0 Å². The van der Waals surface area contributed by atoms with Crippen LogP contribution in [0.2, 0.25) is 0 Å². The van der Waals surface area contributed by atoms with Gasteiger partial charge in [-0.05, 0) is 38.3 Å². The molecule has 0 bridgehead atoms. The van der Waals surface area contributed by atoms with Crippen LogP contribution >= 0.6 is 0 Å². The highest BCUT2D eigenvalue weighted by Gasteiger charge is 2.25. The fourth-order valence-corrected chi connectivity index (χ4v) is 2.59. The van der Waals surface area contributed by atoms with Gasteiger partial charge in [0.2, 0.25) is 5.89 Å². The number of aromatic nitrogens is 1. The maximum atomic E-state index is 13.8. The summed E-state index contributed by atoms with van der Waals surface area (Å²) in [5.41, 5.74) is 0.563. The summed E-state index contributed by atoms with van der Waals surface area (Å²) in [7, 11) is 0. The van der Waals surface area contributed by atoms with Crippen LogP contribution < -0.4 is 0 Å². The molecule has 1 aromatic heterocycles. The van der Waals surface area contributed by atoms with E-state index in [2.05, 4.69) is 4.98 Å². The molecule has 1 aliphatic rings. The number of oxazole rings is 1. The lowest BCUT2D eigenvalue weighted by atomic mass is 10.1. The normalized spacial score (nSPS) is 15.2. The largest absolute Gasteiger partial charge is 0.440 e. The van der Waals surface area contributed by atoms with Crippen LogP contribution in [0, 0.1) is 12.7 Å². The van der Waals surface area contributed by atoms with Crippen LogP contribution in [-0.2, 0) is 0 Å². The predicted octanol–water partition coefficient (Wildman–Crippen LogP) is 3.42. The molecular formula is C16H17FN2O2. The number of amides is 1. The maximum Gasteiger partial charge on any atom is 0.276 e. The maximum absolute atomic E-state index is 13.8. The molecule has 21 heavy (non-hydrogen) atoms. The molecule has 1 fully saturated rings. The Labute approximate surface area is 122 Å². The molecule has 0 N–H and O–H groups in total. The van der Waals surface area contributed by atoms with Gasteiger partial charge in [0, 0.05) is 13.1 Å². The van der Waals surface area contributed by atoms with Gasteiger partial charge in [0.05, 0.1) is 5.56 Å². The molecule has 1 saturated heterocycles. The van der Waals surface area contributed by atoms with E-state index >= 15 is 0 Å². The Morgan fingerprint density at radius 2 is 1.95 bits per heavy atom. The van der Waals surface area contributed by atoms with E-state index in [-0.39, 0.29) is 23.1 Å². The highest BCUT2D eigenvalue weighted by atomic mass is 19.1. The Morgan fingerprint density at radius 1 is 1.24 bits per heavy atom. The van der Waals surface area contributed by atoms with E-state index in [1.165, 1.54) is 6.07 Å². The van der Waals surface area contributed by atoms with Crippen molar-refractivity contribution in [1.82, 2.24) is 9.88 Å². The van der Waals surface area contributed by atoms with Crippen molar-refractivity contribution in [2.75, 3.05) is 13.1 Å². The van der Waals surface area contributed by atoms with Gasteiger partial charge in [-0.2, -0.15) is 0 Å². The third-order valence-corrected chi connectivity index (χ3v) is 3.75. The van der Waals surface area contributed by atoms with Crippen molar-refractivity contribution < 1.29 is 13.6 Å². The number of rotatable bonds is 2. The average Bonchev–Trinajstić information content (AvgIpc) is 2.89. The minimum atomic E-state index is -0.407. The third-order valence-electron chi connectivity index (χ3n) is 3.75. The summed E-state index contributed by atoms with van der Waals surface area (Å²) in [6, 6.07) is 6.26. The summed E-state index contributed by atoms with van der Waals surface area (Å²) >= 11 is 0. The van der Waals surface area contributed by atoms with Crippen LogP contribution in [0.15, 0.2) is 28.7 Å². The first-order valence-corrected chi connectivity index (χ1v) is 7.18. The summed E-state index contributed by atoms with van der Waals surface area (Å²) in [4.78, 5) is 18.5. The molecule has 0 radical (unpaired) electrons. The number of benzene rings is 1. The zero-order valence-electron chi connectivity index (χ0n) is 11.9. The molecule has 0 atom stereocenters. The van der Waals surface area contributed by atoms with Crippen LogP contribution in [0.25, 0.3) is 11.5 Å². The smallest absolute Gasteiger partial charge is 0.276 e. The van der Waals surface area contributed by atoms with E-state index in [9.17, 15) is 9.18 Å². The van der Waals surface area contributed by atoms with Crippen molar-refractivity contribution in [3.63, 3.8) is 0 Å². The Morgan fingerprint density at radius 3 is 2.67 bits per heavy atom. The summed E-state index contributed by atoms with van der Waals surface area (Å²) in [5, 5.41) is 0. The van der Waals surface area contributed by atoms with Crippen molar-refractivity contribution in [3.05, 3.63) is 41.5 Å². The molecule has 2 heterocycles. The standard InChI is InChI=1S/C16H17FN2O2/c1-11-14(16(20)19-9-5-2-6-10-19)18-15(21-11)12-7-3-4-8-13(12)17/h3-4,7-8H,2,5-6,9-10H2,1H3. The number of hydrogen-bond donors (Lipinski definition) is 0. The van der Waals surface area contributed by atoms with Gasteiger partial charge in [-0.15, -0.1) is 0 Å². The van der Waals surface area contributed by atoms with Crippen LogP contribution in [0.4, 0.5) is 4.39 Å². The summed E-state index contributed by atoms with van der Waals surface area (Å²) in [6.07, 6.45) is 3.19. The van der Waals surface area contributed by atoms with Crippen molar-refractivity contribution in [3.8, 4) is 11.5 Å². The number of carbonyl (C=O) groups is 1. The molecule has 3 rings (SSSR count). The van der Waals surface area contributed by atoms with Crippen LogP contribution in [0.3, 0.4) is 0 Å². The lowest BCUT2D eigenvalue weighted by Gasteiger charge is -2.25. The highest BCUT2D eigenvalue weighted by Crippen LogP contribution is 2.25. The lowest BCUT2D eigenvalue weighted by molar-refractivity contribution is 0.0717. The van der Waals surface area contributed by atoms with E-state index in [1.807, 2.05) is 0 Å². The monoisotopic (exact) mass is 288 g/mol. The first-order valence-electron chi connectivity index (χ1n) is 7.18. The number of carbonyl (C=O) groups excluding carboxylic acids is 1. The highest BCUT2D eigenvalue weighted by molar-refractivity contribution is 5.93. The van der Waals surface area contributed by atoms with Gasteiger partial charge in [-0.1, -0.05) is 12.1 Å². The van der Waals surface area contributed by atoms with Gasteiger partial charge >= 0.3 is 0 Å². The first kappa shape index (κ1) is 13.8. The number of likely N-dealkylation sites (tertiary alicyclic amines) is 1. The molecule has 5 heteroatoms. The van der Waals surface area contributed by atoms with E-state index in [1.54, 1.807) is 30.0 Å². The Bertz CT molecular complexity index is 660. The van der Waals surface area contributed by atoms with Gasteiger partial charge in [-0.3, -0.25) is 4.79 Å². The molecule has 0 spiro atoms. The molecule has 2 aromatic rings. The Kier molecular flexibility index (Phi) is 3.73. The van der Waals surface area contributed by atoms with E-state index in [4.69, 9.17) is 4.42 Å². The second kappa shape index (κ2) is 5.68. The molecule has 1 aromatic carbocycles. The number of nitrogens with zero attached hydrogens (tertiary/aromatic N) is 2. The number of hydrogen-bond acceptors (Lipinski definition) is 3. The molecule has 0 aliphatic carbocycles. The van der Waals surface area contributed by atoms with Crippen molar-refractivity contribution in [1.29, 1.82) is 0 Å². The summed E-state index contributed by atoms with van der Waals surface area (Å²) < 4.78 is 19.3. The Hall–Kier alpha value is -2.17. The minimum Gasteiger partial charge on any atom is -0.440 e. The zero-order valence-corrected chi connectivity index (χ0v) is 11.9. The quantitative estimate of drug-likeness (QED) is 0.850. The zero-order chi connectivity index (χ0) is 14.8. The molecule has 110 valence electrons. The molecular weight excluding hydrogens is 271 g/mol. The number of halogens is 1. The number of piperidine rings is 1. The van der Waals surface area contributed by atoms with E-state index in [0.717, 1.165) is 32.4 Å². The second-order valence-electron chi connectivity index (χ2n) is 5.26. The summed E-state index contributed by atoms with van der Waals surface area (Å²) in [5.74, 6) is 0.0593. The lowest BCUT2D eigenvalue weighted by Crippen LogP contribution is -2.36. The Balaban J connectivity index is 1.91. The summed E-state index contributed by atoms with van der Waals surface area (Å²) in [6.45, 7) is 3.19. The number of aryl methyl sites for hydroxylation is 1. The van der Waals surface area contributed by atoms with Crippen LogP contribution in [0.1, 0.15) is 35.5 Å². The molecule has 1 amide bonds. The van der Waals surface area contributed by atoms with E-state index < -0.39 is 5.82 Å². The molecule has 0 saturated carbocycles. The van der Waals surface area contributed by atoms with Gasteiger partial charge in [0.1, 0.15) is 11.6 Å². The van der Waals surface area contributed by atoms with Gasteiger partial charge in [0.15, 0.2) is 5.69 Å². The van der Waals surface area contributed by atoms with E-state index in [0.29, 0.717) is 5.76 Å². The SMILES string of the molecule is Cc1oc(-c2ccccc2F)nc1C(=O)N1CCCCC1. The van der Waals surface area contributed by atoms with Gasteiger partial charge in [0.25, 0.3) is 5.91 Å².